The van der Waals surface area contributed by atoms with Gasteiger partial charge in [-0.3, -0.25) is 9.69 Å². The van der Waals surface area contributed by atoms with E-state index >= 15 is 0 Å². The minimum absolute atomic E-state index is 0.00559. The summed E-state index contributed by atoms with van der Waals surface area (Å²) in [5, 5.41) is 3.99. The molecular formula is C22H29F3N4O2. The van der Waals surface area contributed by atoms with Crippen molar-refractivity contribution in [1.82, 2.24) is 19.9 Å². The molecule has 0 spiro atoms. The number of rotatable bonds is 7. The molecule has 0 N–H and O–H groups in total. The number of hydrogen-bond donors (Lipinski definition) is 0. The normalized spacial score (nSPS) is 17.8. The first-order valence-electron chi connectivity index (χ1n) is 10.6. The highest BCUT2D eigenvalue weighted by atomic mass is 19.4. The Kier molecular flexibility index (Phi) is 7.35. The average Bonchev–Trinajstić information content (AvgIpc) is 3.17. The summed E-state index contributed by atoms with van der Waals surface area (Å²) in [7, 11) is 0. The molecule has 1 saturated heterocycles. The van der Waals surface area contributed by atoms with Crippen molar-refractivity contribution in [2.45, 2.75) is 64.7 Å². The largest absolute Gasteiger partial charge is 0.416 e. The summed E-state index contributed by atoms with van der Waals surface area (Å²) in [4.78, 5) is 20.7. The fraction of sp³-hybridized carbons (Fsp3) is 0.591. The molecular weight excluding hydrogens is 409 g/mol. The Hall–Kier alpha value is -2.42. The van der Waals surface area contributed by atoms with Crippen molar-refractivity contribution in [2.75, 3.05) is 19.6 Å². The highest BCUT2D eigenvalue weighted by Gasteiger charge is 2.30. The third-order valence-corrected chi connectivity index (χ3v) is 5.57. The molecule has 1 unspecified atom stereocenters. The Morgan fingerprint density at radius 2 is 2.00 bits per heavy atom. The molecule has 31 heavy (non-hydrogen) atoms. The molecule has 0 bridgehead atoms. The van der Waals surface area contributed by atoms with Crippen LogP contribution in [0.2, 0.25) is 0 Å². The molecule has 0 radical (unpaired) electrons. The Labute approximate surface area is 180 Å². The number of nitrogens with zero attached hydrogens (tertiary/aromatic N) is 4. The van der Waals surface area contributed by atoms with Crippen molar-refractivity contribution in [2.24, 2.45) is 0 Å². The lowest BCUT2D eigenvalue weighted by Crippen LogP contribution is -2.50. The lowest BCUT2D eigenvalue weighted by Gasteiger charge is -2.39. The Balaban J connectivity index is 1.59. The molecule has 1 fully saturated rings. The average molecular weight is 438 g/mol. The molecule has 0 saturated carbocycles. The molecule has 1 aromatic heterocycles. The molecule has 1 aliphatic rings. The first-order chi connectivity index (χ1) is 14.6. The lowest BCUT2D eigenvalue weighted by atomic mass is 10.0. The zero-order chi connectivity index (χ0) is 22.6. The maximum absolute atomic E-state index is 12.8. The number of carbonyl (C=O) groups is 1. The Morgan fingerprint density at radius 1 is 1.29 bits per heavy atom. The van der Waals surface area contributed by atoms with Gasteiger partial charge in [0.05, 0.1) is 5.56 Å². The van der Waals surface area contributed by atoms with Gasteiger partial charge in [-0.05, 0) is 37.1 Å². The van der Waals surface area contributed by atoms with Crippen LogP contribution in [0.5, 0.6) is 0 Å². The van der Waals surface area contributed by atoms with E-state index in [4.69, 9.17) is 4.52 Å². The third-order valence-electron chi connectivity index (χ3n) is 5.57. The minimum Gasteiger partial charge on any atom is -0.339 e. The summed E-state index contributed by atoms with van der Waals surface area (Å²) < 4.78 is 43.5. The number of amides is 1. The van der Waals surface area contributed by atoms with Crippen molar-refractivity contribution >= 4 is 5.91 Å². The van der Waals surface area contributed by atoms with E-state index in [1.807, 2.05) is 18.7 Å². The van der Waals surface area contributed by atoms with Gasteiger partial charge in [-0.1, -0.05) is 31.1 Å². The van der Waals surface area contributed by atoms with Crippen LogP contribution in [0, 0.1) is 0 Å². The van der Waals surface area contributed by atoms with Crippen LogP contribution in [0.1, 0.15) is 62.4 Å². The summed E-state index contributed by atoms with van der Waals surface area (Å²) in [6.45, 7) is 8.12. The maximum atomic E-state index is 12.8. The predicted molar refractivity (Wildman–Crippen MR) is 109 cm³/mol. The number of hydrogen-bond acceptors (Lipinski definition) is 5. The number of halogens is 3. The van der Waals surface area contributed by atoms with Gasteiger partial charge >= 0.3 is 6.18 Å². The van der Waals surface area contributed by atoms with Gasteiger partial charge in [0.2, 0.25) is 11.8 Å². The van der Waals surface area contributed by atoms with E-state index in [0.717, 1.165) is 37.1 Å². The van der Waals surface area contributed by atoms with Gasteiger partial charge in [-0.15, -0.1) is 0 Å². The molecule has 1 aliphatic heterocycles. The molecule has 3 rings (SSSR count). The van der Waals surface area contributed by atoms with Gasteiger partial charge < -0.3 is 9.42 Å². The van der Waals surface area contributed by atoms with Crippen molar-refractivity contribution in [3.05, 3.63) is 47.1 Å². The topological polar surface area (TPSA) is 62.5 Å². The number of aromatic nitrogens is 2. The third kappa shape index (κ3) is 6.29. The van der Waals surface area contributed by atoms with Gasteiger partial charge in [-0.25, -0.2) is 0 Å². The first kappa shape index (κ1) is 23.2. The smallest absolute Gasteiger partial charge is 0.339 e. The summed E-state index contributed by atoms with van der Waals surface area (Å²) >= 11 is 0. The number of benzene rings is 1. The van der Waals surface area contributed by atoms with Crippen molar-refractivity contribution < 1.29 is 22.5 Å². The maximum Gasteiger partial charge on any atom is 0.416 e. The summed E-state index contributed by atoms with van der Waals surface area (Å²) in [5.41, 5.74) is 0.189. The van der Waals surface area contributed by atoms with E-state index in [0.29, 0.717) is 37.8 Å². The van der Waals surface area contributed by atoms with Crippen LogP contribution >= 0.6 is 0 Å². The van der Waals surface area contributed by atoms with Crippen LogP contribution in [0.25, 0.3) is 0 Å². The number of carbonyl (C=O) groups excluding carboxylic acids is 1. The lowest BCUT2D eigenvalue weighted by molar-refractivity contribution is -0.137. The quantitative estimate of drug-likeness (QED) is 0.646. The van der Waals surface area contributed by atoms with Crippen molar-refractivity contribution in [3.63, 3.8) is 0 Å². The SMILES string of the molecule is CC(=O)N(CCc1noc(C(C)C)n1)C1CCCN(Cc2ccc(C(F)(F)F)cc2)C1. The molecule has 2 heterocycles. The van der Waals surface area contributed by atoms with E-state index in [1.54, 1.807) is 6.92 Å². The molecule has 6 nitrogen and oxygen atoms in total. The van der Waals surface area contributed by atoms with Crippen LogP contribution in [0.3, 0.4) is 0 Å². The Morgan fingerprint density at radius 3 is 2.58 bits per heavy atom. The van der Waals surface area contributed by atoms with Crippen molar-refractivity contribution in [1.29, 1.82) is 0 Å². The second kappa shape index (κ2) is 9.80. The number of alkyl halides is 3. The standard InChI is InChI=1S/C22H29F3N4O2/c1-15(2)21-26-20(27-31-21)10-12-29(16(3)30)19-5-4-11-28(14-19)13-17-6-8-18(9-7-17)22(23,24)25/h6-9,15,19H,4-5,10-14H2,1-3H3. The molecule has 9 heteroatoms. The fourth-order valence-electron chi connectivity index (χ4n) is 3.91. The highest BCUT2D eigenvalue weighted by Crippen LogP contribution is 2.29. The van der Waals surface area contributed by atoms with E-state index in [2.05, 4.69) is 15.0 Å². The van der Waals surface area contributed by atoms with Gasteiger partial charge in [0, 0.05) is 44.9 Å². The summed E-state index contributed by atoms with van der Waals surface area (Å²) in [6.07, 6.45) is -1.99. The van der Waals surface area contributed by atoms with Gasteiger partial charge in [0.1, 0.15) is 0 Å². The molecule has 170 valence electrons. The zero-order valence-corrected chi connectivity index (χ0v) is 18.2. The van der Waals surface area contributed by atoms with E-state index in [9.17, 15) is 18.0 Å². The molecule has 1 atom stereocenters. The van der Waals surface area contributed by atoms with Gasteiger partial charge in [-0.2, -0.15) is 18.2 Å². The summed E-state index contributed by atoms with van der Waals surface area (Å²) in [6, 6.07) is 5.34. The van der Waals surface area contributed by atoms with Crippen LogP contribution in [-0.2, 0) is 23.9 Å². The monoisotopic (exact) mass is 438 g/mol. The highest BCUT2D eigenvalue weighted by molar-refractivity contribution is 5.73. The molecule has 1 amide bonds. The molecule has 1 aromatic carbocycles. The summed E-state index contributed by atoms with van der Waals surface area (Å²) in [5.74, 6) is 1.33. The Bertz CT molecular complexity index is 864. The van der Waals surface area contributed by atoms with Gasteiger partial charge in [0.15, 0.2) is 5.82 Å². The van der Waals surface area contributed by atoms with E-state index in [-0.39, 0.29) is 17.9 Å². The van der Waals surface area contributed by atoms with Crippen LogP contribution in [0.4, 0.5) is 13.2 Å². The molecule has 2 aromatic rings. The van der Waals surface area contributed by atoms with Crippen LogP contribution in [0.15, 0.2) is 28.8 Å². The fourth-order valence-corrected chi connectivity index (χ4v) is 3.91. The number of likely N-dealkylation sites (tertiary alicyclic amines) is 1. The number of piperidine rings is 1. The second-order valence-corrected chi connectivity index (χ2v) is 8.39. The van der Waals surface area contributed by atoms with Crippen LogP contribution in [-0.4, -0.2) is 51.5 Å². The first-order valence-corrected chi connectivity index (χ1v) is 10.6. The minimum atomic E-state index is -4.33. The second-order valence-electron chi connectivity index (χ2n) is 8.39. The zero-order valence-electron chi connectivity index (χ0n) is 18.2. The van der Waals surface area contributed by atoms with Crippen molar-refractivity contribution in [3.8, 4) is 0 Å². The molecule has 0 aliphatic carbocycles. The van der Waals surface area contributed by atoms with E-state index in [1.165, 1.54) is 12.1 Å². The van der Waals surface area contributed by atoms with Crippen LogP contribution < -0.4 is 0 Å². The van der Waals surface area contributed by atoms with Gasteiger partial charge in [0.25, 0.3) is 0 Å². The predicted octanol–water partition coefficient (Wildman–Crippen LogP) is 4.27. The van der Waals surface area contributed by atoms with E-state index < -0.39 is 11.7 Å².